The molecular weight excluding hydrogens is 755 g/mol. The monoisotopic (exact) mass is 770 g/mol. The van der Waals surface area contributed by atoms with Crippen LogP contribution in [0.25, 0.3) is 0 Å². The van der Waals surface area contributed by atoms with Gasteiger partial charge in [0.2, 0.25) is 0 Å². The minimum atomic E-state index is -9.33. The number of Topliss-reactive ketones (excluding diaryl/α,β-unsaturated/α-hetero) is 1. The van der Waals surface area contributed by atoms with E-state index in [1.54, 1.807) is 0 Å². The second-order valence-electron chi connectivity index (χ2n) is 10.1. The smallest absolute Gasteiger partial charge is 0.460 e. The van der Waals surface area contributed by atoms with E-state index in [1.807, 2.05) is 0 Å². The summed E-state index contributed by atoms with van der Waals surface area (Å²) in [6.07, 6.45) is -8.08. The normalized spacial score (nSPS) is 15.3. The van der Waals surface area contributed by atoms with E-state index in [0.29, 0.717) is 0 Å². The summed E-state index contributed by atoms with van der Waals surface area (Å²) >= 11 is 0. The van der Waals surface area contributed by atoms with Gasteiger partial charge in [-0.25, -0.2) is 4.79 Å². The molecule has 0 heterocycles. The zero-order valence-electron chi connectivity index (χ0n) is 23.2. The van der Waals surface area contributed by atoms with E-state index in [0.717, 1.165) is 38.1 Å². The lowest BCUT2D eigenvalue weighted by Crippen LogP contribution is -2.77. The molecule has 0 aliphatic heterocycles. The van der Waals surface area contributed by atoms with Crippen molar-refractivity contribution in [1.29, 1.82) is 0 Å². The van der Waals surface area contributed by atoms with Crippen LogP contribution in [-0.2, 0) is 9.53 Å². The Bertz CT molecular complexity index is 1360. The minimum absolute atomic E-state index is 0.161. The molecule has 26 heteroatoms. The van der Waals surface area contributed by atoms with E-state index in [1.165, 1.54) is 0 Å². The number of esters is 1. The molecule has 0 spiro atoms. The summed E-state index contributed by atoms with van der Waals surface area (Å²) in [6, 6.07) is 3.76. The molecule has 49 heavy (non-hydrogen) atoms. The van der Waals surface area contributed by atoms with Gasteiger partial charge in [0.1, 0.15) is 24.6 Å². The molecule has 1 rings (SSSR count). The Kier molecular flexibility index (Phi) is 11.1. The maximum absolute atomic E-state index is 13.9. The third kappa shape index (κ3) is 6.63. The van der Waals surface area contributed by atoms with Gasteiger partial charge in [0.05, 0.1) is 0 Å². The Balaban J connectivity index is 3.32. The van der Waals surface area contributed by atoms with Crippen LogP contribution in [0.1, 0.15) is 24.2 Å². The van der Waals surface area contributed by atoms with Gasteiger partial charge in [0, 0.05) is 5.56 Å². The first kappa shape index (κ1) is 43.7. The van der Waals surface area contributed by atoms with Crippen LogP contribution >= 0.6 is 0 Å². The standard InChI is InChI=1S/C23H15F21O5/c1-13(2,47)11(45)9-3-5-10(6-4-9)48-7-8-49-12(46)14(24,25)15(26,27)16(28,29)17(30,31)18(32,33)19(34,35)20(36,37)21(38,39)22(40,41)23(42,43)44/h3-6,47H,7-8H2,1-2H3. The number of carbonyl (C=O) groups excluding carboxylic acids is 2. The zero-order chi connectivity index (χ0) is 39.5. The third-order valence-corrected chi connectivity index (χ3v) is 6.02. The fraction of sp³-hybridized carbons (Fsp3) is 0.652. The summed E-state index contributed by atoms with van der Waals surface area (Å²) in [5, 5.41) is 9.62. The molecule has 0 atom stereocenters. The average Bonchev–Trinajstić information content (AvgIpc) is 2.93. The third-order valence-electron chi connectivity index (χ3n) is 6.02. The molecule has 0 saturated carbocycles. The van der Waals surface area contributed by atoms with E-state index < -0.39 is 90.0 Å². The Hall–Kier alpha value is -3.35. The summed E-state index contributed by atoms with van der Waals surface area (Å²) in [6.45, 7) is -0.830. The summed E-state index contributed by atoms with van der Waals surface area (Å²) in [7, 11) is 0. The molecule has 0 aliphatic carbocycles. The molecule has 1 N–H and O–H groups in total. The summed E-state index contributed by atoms with van der Waals surface area (Å²) in [5.41, 5.74) is -2.04. The van der Waals surface area contributed by atoms with Crippen LogP contribution in [0.2, 0.25) is 0 Å². The van der Waals surface area contributed by atoms with Gasteiger partial charge in [0.25, 0.3) is 0 Å². The summed E-state index contributed by atoms with van der Waals surface area (Å²) < 4.78 is 290. The lowest BCUT2D eigenvalue weighted by atomic mass is 9.86. The molecule has 0 aromatic heterocycles. The highest BCUT2D eigenvalue weighted by atomic mass is 19.4. The van der Waals surface area contributed by atoms with Crippen molar-refractivity contribution in [2.75, 3.05) is 13.2 Å². The second kappa shape index (κ2) is 12.5. The number of aliphatic hydroxyl groups is 1. The average molecular weight is 770 g/mol. The molecule has 0 radical (unpaired) electrons. The Morgan fingerprint density at radius 1 is 0.531 bits per heavy atom. The van der Waals surface area contributed by atoms with E-state index in [2.05, 4.69) is 4.74 Å². The first-order valence-corrected chi connectivity index (χ1v) is 11.9. The van der Waals surface area contributed by atoms with Crippen molar-refractivity contribution in [3.63, 3.8) is 0 Å². The van der Waals surface area contributed by atoms with Gasteiger partial charge in [0.15, 0.2) is 5.78 Å². The van der Waals surface area contributed by atoms with Crippen LogP contribution in [0.3, 0.4) is 0 Å². The number of benzene rings is 1. The van der Waals surface area contributed by atoms with Gasteiger partial charge in [-0.05, 0) is 38.1 Å². The Morgan fingerprint density at radius 3 is 1.18 bits per heavy atom. The second-order valence-corrected chi connectivity index (χ2v) is 10.1. The van der Waals surface area contributed by atoms with Crippen LogP contribution in [0.4, 0.5) is 92.2 Å². The predicted octanol–water partition coefficient (Wildman–Crippen LogP) is 7.84. The number of hydrogen-bond donors (Lipinski definition) is 1. The van der Waals surface area contributed by atoms with E-state index >= 15 is 0 Å². The number of rotatable bonds is 15. The van der Waals surface area contributed by atoms with Gasteiger partial charge in [-0.2, -0.15) is 92.2 Å². The van der Waals surface area contributed by atoms with Gasteiger partial charge >= 0.3 is 65.4 Å². The molecule has 0 bridgehead atoms. The quantitative estimate of drug-likeness (QED) is 0.0853. The molecule has 0 saturated heterocycles. The highest BCUT2D eigenvalue weighted by Gasteiger charge is 2.98. The van der Waals surface area contributed by atoms with E-state index in [9.17, 15) is 107 Å². The van der Waals surface area contributed by atoms with Crippen LogP contribution in [-0.4, -0.2) is 95.2 Å². The van der Waals surface area contributed by atoms with E-state index in [4.69, 9.17) is 4.74 Å². The molecule has 1 aromatic rings. The van der Waals surface area contributed by atoms with Crippen LogP contribution in [0.5, 0.6) is 5.75 Å². The van der Waals surface area contributed by atoms with Crippen molar-refractivity contribution < 1.29 is 116 Å². The van der Waals surface area contributed by atoms with Gasteiger partial charge < -0.3 is 14.6 Å². The minimum Gasteiger partial charge on any atom is -0.490 e. The van der Waals surface area contributed by atoms with Crippen molar-refractivity contribution >= 4 is 11.8 Å². The largest absolute Gasteiger partial charge is 0.490 e. The molecule has 284 valence electrons. The number of ether oxygens (including phenoxy) is 2. The zero-order valence-corrected chi connectivity index (χ0v) is 23.2. The highest BCUT2D eigenvalue weighted by molar-refractivity contribution is 6.01. The first-order chi connectivity index (χ1) is 21.3. The van der Waals surface area contributed by atoms with Crippen molar-refractivity contribution in [2.24, 2.45) is 0 Å². The molecule has 0 unspecified atom stereocenters. The van der Waals surface area contributed by atoms with E-state index in [-0.39, 0.29) is 11.3 Å². The number of hydrogen-bond acceptors (Lipinski definition) is 5. The summed E-state index contributed by atoms with van der Waals surface area (Å²) in [5.74, 6) is -84.8. The summed E-state index contributed by atoms with van der Waals surface area (Å²) in [4.78, 5) is 23.2. The molecule has 0 fully saturated rings. The predicted molar refractivity (Wildman–Crippen MR) is 114 cm³/mol. The van der Waals surface area contributed by atoms with Crippen LogP contribution < -0.4 is 4.74 Å². The Morgan fingerprint density at radius 2 is 0.857 bits per heavy atom. The van der Waals surface area contributed by atoms with Crippen molar-refractivity contribution in [3.8, 4) is 5.75 Å². The molecule has 0 amide bonds. The van der Waals surface area contributed by atoms with Crippen molar-refractivity contribution in [1.82, 2.24) is 0 Å². The van der Waals surface area contributed by atoms with Crippen LogP contribution in [0.15, 0.2) is 24.3 Å². The van der Waals surface area contributed by atoms with Gasteiger partial charge in [-0.3, -0.25) is 4.79 Å². The maximum atomic E-state index is 13.9. The lowest BCUT2D eigenvalue weighted by molar-refractivity contribution is -0.473. The number of carbonyl (C=O) groups is 2. The highest BCUT2D eigenvalue weighted by Crippen LogP contribution is 2.66. The molecule has 1 aromatic carbocycles. The topological polar surface area (TPSA) is 72.8 Å². The fourth-order valence-corrected chi connectivity index (χ4v) is 3.13. The fourth-order valence-electron chi connectivity index (χ4n) is 3.13. The molecular formula is C23H15F21O5. The van der Waals surface area contributed by atoms with Crippen molar-refractivity contribution in [2.45, 2.75) is 78.9 Å². The molecule has 5 nitrogen and oxygen atoms in total. The van der Waals surface area contributed by atoms with Crippen LogP contribution in [0, 0.1) is 0 Å². The van der Waals surface area contributed by atoms with Crippen molar-refractivity contribution in [3.05, 3.63) is 29.8 Å². The maximum Gasteiger partial charge on any atom is 0.460 e. The molecule has 0 aliphatic rings. The Labute approximate surface area is 256 Å². The number of ketones is 1. The number of alkyl halides is 21. The SMILES string of the molecule is CC(C)(O)C(=O)c1ccc(OCCOC(=O)C(F)(F)C(F)(F)C(F)(F)C(F)(F)C(F)(F)C(F)(F)C(F)(F)C(F)(F)C(F)(F)C(F)(F)F)cc1. The lowest BCUT2D eigenvalue weighted by Gasteiger charge is -2.44. The first-order valence-electron chi connectivity index (χ1n) is 11.9. The van der Waals surface area contributed by atoms with Gasteiger partial charge in [-0.1, -0.05) is 0 Å². The van der Waals surface area contributed by atoms with Gasteiger partial charge in [-0.15, -0.1) is 0 Å². The number of halogens is 21.